The lowest BCUT2D eigenvalue weighted by atomic mass is 9.98. The number of carbonyl (C=O) groups excluding carboxylic acids is 1. The molecule has 0 aromatic heterocycles. The smallest absolute Gasteiger partial charge is 0.220 e. The average molecular weight is 290 g/mol. The summed E-state index contributed by atoms with van der Waals surface area (Å²) in [7, 11) is 0. The second-order valence-electron chi connectivity index (χ2n) is 3.60. The van der Waals surface area contributed by atoms with Gasteiger partial charge >= 0.3 is 0 Å². The van der Waals surface area contributed by atoms with Gasteiger partial charge in [0, 0.05) is 23.4 Å². The largest absolute Gasteiger partial charge is 0.398 e. The van der Waals surface area contributed by atoms with Crippen molar-refractivity contribution >= 4 is 39.1 Å². The van der Waals surface area contributed by atoms with Crippen LogP contribution < -0.4 is 11.1 Å². The van der Waals surface area contributed by atoms with E-state index in [-0.39, 0.29) is 11.8 Å². The fourth-order valence-electron chi connectivity index (χ4n) is 1.72. The SMILES string of the molecule is Nc1cc([C@@H]2CNC(=O)C2)c(Br)cc1Cl. The monoisotopic (exact) mass is 288 g/mol. The highest BCUT2D eigenvalue weighted by atomic mass is 79.9. The van der Waals surface area contributed by atoms with Gasteiger partial charge in [-0.2, -0.15) is 0 Å². The van der Waals surface area contributed by atoms with Crippen molar-refractivity contribution in [2.75, 3.05) is 12.3 Å². The maximum atomic E-state index is 11.1. The topological polar surface area (TPSA) is 55.1 Å². The number of carbonyl (C=O) groups is 1. The van der Waals surface area contributed by atoms with E-state index in [4.69, 9.17) is 17.3 Å². The Morgan fingerprint density at radius 2 is 2.27 bits per heavy atom. The predicted octanol–water partition coefficient (Wildman–Crippen LogP) is 2.29. The molecule has 1 saturated heterocycles. The first-order chi connectivity index (χ1) is 7.08. The number of rotatable bonds is 1. The van der Waals surface area contributed by atoms with Crippen molar-refractivity contribution in [2.45, 2.75) is 12.3 Å². The maximum absolute atomic E-state index is 11.1. The molecule has 3 nitrogen and oxygen atoms in total. The van der Waals surface area contributed by atoms with Gasteiger partial charge in [-0.05, 0) is 17.7 Å². The molecule has 1 fully saturated rings. The standard InChI is InChI=1S/C10H10BrClN2O/c11-7-3-8(12)9(13)2-6(7)5-1-10(15)14-4-5/h2-3,5H,1,4,13H2,(H,14,15)/t5-/m0/s1. The lowest BCUT2D eigenvalue weighted by molar-refractivity contribution is -0.119. The van der Waals surface area contributed by atoms with E-state index in [2.05, 4.69) is 21.2 Å². The van der Waals surface area contributed by atoms with Crippen molar-refractivity contribution in [1.29, 1.82) is 0 Å². The van der Waals surface area contributed by atoms with Gasteiger partial charge in [0.2, 0.25) is 5.91 Å². The van der Waals surface area contributed by atoms with Crippen LogP contribution in [0.2, 0.25) is 5.02 Å². The molecule has 0 aliphatic carbocycles. The summed E-state index contributed by atoms with van der Waals surface area (Å²) in [5, 5.41) is 3.33. The molecule has 0 saturated carbocycles. The Balaban J connectivity index is 2.36. The van der Waals surface area contributed by atoms with Crippen LogP contribution in [0, 0.1) is 0 Å². The van der Waals surface area contributed by atoms with Crippen LogP contribution in [-0.4, -0.2) is 12.5 Å². The third-order valence-corrected chi connectivity index (χ3v) is 3.55. The zero-order chi connectivity index (χ0) is 11.0. The van der Waals surface area contributed by atoms with Crippen molar-refractivity contribution in [3.05, 3.63) is 27.2 Å². The van der Waals surface area contributed by atoms with Gasteiger partial charge in [-0.1, -0.05) is 27.5 Å². The van der Waals surface area contributed by atoms with Gasteiger partial charge in [0.25, 0.3) is 0 Å². The minimum atomic E-state index is 0.0837. The highest BCUT2D eigenvalue weighted by Crippen LogP contribution is 2.34. The van der Waals surface area contributed by atoms with Crippen molar-refractivity contribution in [1.82, 2.24) is 5.32 Å². The molecule has 1 aromatic carbocycles. The van der Waals surface area contributed by atoms with E-state index < -0.39 is 0 Å². The lowest BCUT2D eigenvalue weighted by Crippen LogP contribution is -2.13. The minimum absolute atomic E-state index is 0.0837. The van der Waals surface area contributed by atoms with Gasteiger partial charge in [0.05, 0.1) is 10.7 Å². The predicted molar refractivity (Wildman–Crippen MR) is 63.9 cm³/mol. The number of amides is 1. The molecule has 0 spiro atoms. The Labute approximate surface area is 101 Å². The van der Waals surface area contributed by atoms with Gasteiger partial charge in [0.1, 0.15) is 0 Å². The first kappa shape index (κ1) is 10.8. The molecule has 0 bridgehead atoms. The zero-order valence-corrected chi connectivity index (χ0v) is 10.2. The van der Waals surface area contributed by atoms with Gasteiger partial charge in [-0.15, -0.1) is 0 Å². The maximum Gasteiger partial charge on any atom is 0.220 e. The molecule has 1 aliphatic rings. The molecular formula is C10H10BrClN2O. The van der Waals surface area contributed by atoms with Crippen LogP contribution in [0.4, 0.5) is 5.69 Å². The highest BCUT2D eigenvalue weighted by molar-refractivity contribution is 9.10. The summed E-state index contributed by atoms with van der Waals surface area (Å²) in [4.78, 5) is 11.1. The molecule has 1 heterocycles. The third-order valence-electron chi connectivity index (χ3n) is 2.53. The van der Waals surface area contributed by atoms with Crippen molar-refractivity contribution in [3.8, 4) is 0 Å². The Kier molecular flexibility index (Phi) is 2.89. The molecule has 80 valence electrons. The first-order valence-corrected chi connectivity index (χ1v) is 5.76. The van der Waals surface area contributed by atoms with Crippen LogP contribution in [-0.2, 0) is 4.79 Å². The fraction of sp³-hybridized carbons (Fsp3) is 0.300. The zero-order valence-electron chi connectivity index (χ0n) is 7.89. The molecular weight excluding hydrogens is 279 g/mol. The fourth-order valence-corrected chi connectivity index (χ4v) is 2.68. The van der Waals surface area contributed by atoms with Crippen LogP contribution >= 0.6 is 27.5 Å². The number of nitrogens with two attached hydrogens (primary N) is 1. The van der Waals surface area contributed by atoms with E-state index in [0.29, 0.717) is 23.7 Å². The van der Waals surface area contributed by atoms with E-state index in [1.54, 1.807) is 6.07 Å². The summed E-state index contributed by atoms with van der Waals surface area (Å²) < 4.78 is 0.906. The second-order valence-corrected chi connectivity index (χ2v) is 4.86. The van der Waals surface area contributed by atoms with E-state index in [0.717, 1.165) is 10.0 Å². The lowest BCUT2D eigenvalue weighted by Gasteiger charge is -2.12. The number of hydrogen-bond donors (Lipinski definition) is 2. The van der Waals surface area contributed by atoms with Gasteiger partial charge < -0.3 is 11.1 Å². The first-order valence-electron chi connectivity index (χ1n) is 4.59. The summed E-state index contributed by atoms with van der Waals surface area (Å²) in [5.74, 6) is 0.270. The third kappa shape index (κ3) is 2.11. The number of benzene rings is 1. The minimum Gasteiger partial charge on any atom is -0.398 e. The van der Waals surface area contributed by atoms with E-state index in [9.17, 15) is 4.79 Å². The molecule has 0 radical (unpaired) electrons. The van der Waals surface area contributed by atoms with Crippen LogP contribution in [0.3, 0.4) is 0 Å². The number of anilines is 1. The molecule has 1 aromatic rings. The quantitative estimate of drug-likeness (QED) is 0.779. The highest BCUT2D eigenvalue weighted by Gasteiger charge is 2.25. The summed E-state index contributed by atoms with van der Waals surface area (Å²) in [6, 6.07) is 3.60. The van der Waals surface area contributed by atoms with Crippen LogP contribution in [0.15, 0.2) is 16.6 Å². The number of nitrogens with one attached hydrogen (secondary N) is 1. The number of halogens is 2. The summed E-state index contributed by atoms with van der Waals surface area (Å²) >= 11 is 9.32. The van der Waals surface area contributed by atoms with Crippen LogP contribution in [0.1, 0.15) is 17.9 Å². The van der Waals surface area contributed by atoms with Crippen molar-refractivity contribution in [3.63, 3.8) is 0 Å². The Morgan fingerprint density at radius 1 is 1.53 bits per heavy atom. The molecule has 1 atom stereocenters. The summed E-state index contributed by atoms with van der Waals surface area (Å²) in [6.07, 6.45) is 0.514. The average Bonchev–Trinajstić information content (AvgIpc) is 2.58. The van der Waals surface area contributed by atoms with Gasteiger partial charge in [-0.3, -0.25) is 4.79 Å². The van der Waals surface area contributed by atoms with Crippen LogP contribution in [0.25, 0.3) is 0 Å². The molecule has 3 N–H and O–H groups in total. The second kappa shape index (κ2) is 4.02. The molecule has 5 heteroatoms. The van der Waals surface area contributed by atoms with E-state index in [1.165, 1.54) is 0 Å². The van der Waals surface area contributed by atoms with Crippen LogP contribution in [0.5, 0.6) is 0 Å². The Morgan fingerprint density at radius 3 is 2.87 bits per heavy atom. The molecule has 1 aliphatic heterocycles. The normalized spacial score (nSPS) is 20.4. The van der Waals surface area contributed by atoms with Gasteiger partial charge in [0.15, 0.2) is 0 Å². The summed E-state index contributed by atoms with van der Waals surface area (Å²) in [5.41, 5.74) is 7.32. The van der Waals surface area contributed by atoms with Gasteiger partial charge in [-0.25, -0.2) is 0 Å². The Bertz CT molecular complexity index is 422. The molecule has 2 rings (SSSR count). The molecule has 0 unspecified atom stereocenters. The van der Waals surface area contributed by atoms with Crippen molar-refractivity contribution in [2.24, 2.45) is 0 Å². The number of nitrogen functional groups attached to an aromatic ring is 1. The Hall–Kier alpha value is -0.740. The van der Waals surface area contributed by atoms with E-state index >= 15 is 0 Å². The number of hydrogen-bond acceptors (Lipinski definition) is 2. The van der Waals surface area contributed by atoms with Crippen molar-refractivity contribution < 1.29 is 4.79 Å². The molecule has 1 amide bonds. The summed E-state index contributed by atoms with van der Waals surface area (Å²) in [6.45, 7) is 0.665. The van der Waals surface area contributed by atoms with E-state index in [1.807, 2.05) is 6.07 Å². The molecule has 15 heavy (non-hydrogen) atoms.